The lowest BCUT2D eigenvalue weighted by atomic mass is 9.93. The molecule has 0 radical (unpaired) electrons. The number of hydrogen-bond acceptors (Lipinski definition) is 1. The van der Waals surface area contributed by atoms with Crippen LogP contribution < -0.4 is 0 Å². The van der Waals surface area contributed by atoms with Gasteiger partial charge in [0.25, 0.3) is 0 Å². The first-order chi connectivity index (χ1) is 7.02. The molecule has 1 unspecified atom stereocenters. The van der Waals surface area contributed by atoms with Crippen LogP contribution in [-0.2, 0) is 4.79 Å². The summed E-state index contributed by atoms with van der Waals surface area (Å²) in [6.45, 7) is 5.54. The van der Waals surface area contributed by atoms with E-state index in [-0.39, 0.29) is 0 Å². The molecule has 1 N–H and O–H groups in total. The highest BCUT2D eigenvalue weighted by Gasteiger charge is 2.21. The van der Waals surface area contributed by atoms with E-state index in [1.807, 2.05) is 6.92 Å². The third kappa shape index (κ3) is 3.10. The molecule has 0 aliphatic carbocycles. The van der Waals surface area contributed by atoms with E-state index >= 15 is 0 Å². The van der Waals surface area contributed by atoms with Gasteiger partial charge in [-0.3, -0.25) is 4.79 Å². The van der Waals surface area contributed by atoms with Crippen LogP contribution in [0, 0.1) is 0 Å². The Morgan fingerprint density at radius 3 is 2.60 bits per heavy atom. The first kappa shape index (κ1) is 11.8. The average Bonchev–Trinajstić information content (AvgIpc) is 2.15. The van der Waals surface area contributed by atoms with Crippen molar-refractivity contribution in [3.63, 3.8) is 0 Å². The summed E-state index contributed by atoms with van der Waals surface area (Å²) < 4.78 is 0. The van der Waals surface area contributed by atoms with Gasteiger partial charge in [-0.2, -0.15) is 0 Å². The first-order valence-electron chi connectivity index (χ1n) is 4.64. The molecule has 0 saturated carbocycles. The standard InChI is InChI=1S/C12H13ClO2/c1-8(2)7-10(12(14)15)9-5-3-4-6-11(9)13/h3-6,10H,1,7H2,2H3,(H,14,15). The summed E-state index contributed by atoms with van der Waals surface area (Å²) in [4.78, 5) is 11.1. The lowest BCUT2D eigenvalue weighted by Gasteiger charge is -2.13. The Bertz CT molecular complexity index is 385. The number of carboxylic acids is 1. The molecule has 0 aliphatic heterocycles. The maximum atomic E-state index is 11.1. The number of halogens is 1. The molecule has 1 rings (SSSR count). The Hall–Kier alpha value is -1.28. The highest BCUT2D eigenvalue weighted by molar-refractivity contribution is 6.31. The van der Waals surface area contributed by atoms with Gasteiger partial charge in [0.05, 0.1) is 5.92 Å². The second-order valence-corrected chi connectivity index (χ2v) is 3.98. The van der Waals surface area contributed by atoms with E-state index in [9.17, 15) is 4.79 Å². The topological polar surface area (TPSA) is 37.3 Å². The average molecular weight is 225 g/mol. The molecular weight excluding hydrogens is 212 g/mol. The normalized spacial score (nSPS) is 12.1. The molecule has 1 aromatic carbocycles. The fourth-order valence-electron chi connectivity index (χ4n) is 1.44. The van der Waals surface area contributed by atoms with Gasteiger partial charge in [-0.25, -0.2) is 0 Å². The molecule has 0 fully saturated rings. The van der Waals surface area contributed by atoms with Gasteiger partial charge in [-0.1, -0.05) is 35.4 Å². The minimum Gasteiger partial charge on any atom is -0.481 e. The molecule has 0 saturated heterocycles. The van der Waals surface area contributed by atoms with E-state index in [2.05, 4.69) is 6.58 Å². The van der Waals surface area contributed by atoms with E-state index in [1.54, 1.807) is 24.3 Å². The number of hydrogen-bond donors (Lipinski definition) is 1. The predicted molar refractivity (Wildman–Crippen MR) is 61.3 cm³/mol. The SMILES string of the molecule is C=C(C)CC(C(=O)O)c1ccccc1Cl. The monoisotopic (exact) mass is 224 g/mol. The van der Waals surface area contributed by atoms with E-state index in [0.29, 0.717) is 17.0 Å². The molecule has 0 heterocycles. The van der Waals surface area contributed by atoms with Crippen LogP contribution in [0.2, 0.25) is 5.02 Å². The summed E-state index contributed by atoms with van der Waals surface area (Å²) in [6.07, 6.45) is 0.416. The van der Waals surface area contributed by atoms with Gasteiger partial charge < -0.3 is 5.11 Å². The molecule has 80 valence electrons. The molecule has 0 aliphatic rings. The molecule has 0 amide bonds. The summed E-state index contributed by atoms with van der Waals surface area (Å²) in [7, 11) is 0. The van der Waals surface area contributed by atoms with Crippen LogP contribution in [0.1, 0.15) is 24.8 Å². The van der Waals surface area contributed by atoms with Crippen molar-refractivity contribution in [1.29, 1.82) is 0 Å². The maximum absolute atomic E-state index is 11.1. The zero-order valence-electron chi connectivity index (χ0n) is 8.53. The van der Waals surface area contributed by atoms with Gasteiger partial charge in [0.2, 0.25) is 0 Å². The summed E-state index contributed by atoms with van der Waals surface area (Å²) in [6, 6.07) is 7.01. The van der Waals surface area contributed by atoms with E-state index in [1.165, 1.54) is 0 Å². The van der Waals surface area contributed by atoms with Crippen molar-refractivity contribution >= 4 is 17.6 Å². The van der Waals surface area contributed by atoms with Crippen LogP contribution in [0.4, 0.5) is 0 Å². The quantitative estimate of drug-likeness (QED) is 0.796. The van der Waals surface area contributed by atoms with Crippen molar-refractivity contribution in [2.45, 2.75) is 19.3 Å². The van der Waals surface area contributed by atoms with Crippen LogP contribution in [0.3, 0.4) is 0 Å². The zero-order valence-corrected chi connectivity index (χ0v) is 9.29. The molecule has 0 bridgehead atoms. The third-order valence-electron chi connectivity index (χ3n) is 2.13. The van der Waals surface area contributed by atoms with Crippen LogP contribution in [-0.4, -0.2) is 11.1 Å². The minimum atomic E-state index is -0.869. The number of carboxylic acid groups (broad SMARTS) is 1. The van der Waals surface area contributed by atoms with E-state index in [4.69, 9.17) is 16.7 Å². The van der Waals surface area contributed by atoms with Gasteiger partial charge >= 0.3 is 5.97 Å². The number of benzene rings is 1. The molecule has 1 atom stereocenters. The highest BCUT2D eigenvalue weighted by Crippen LogP contribution is 2.29. The zero-order chi connectivity index (χ0) is 11.4. The number of rotatable bonds is 4. The molecule has 1 aromatic rings. The van der Waals surface area contributed by atoms with Crippen LogP contribution >= 0.6 is 11.6 Å². The maximum Gasteiger partial charge on any atom is 0.311 e. The molecular formula is C12H13ClO2. The fraction of sp³-hybridized carbons (Fsp3) is 0.250. The van der Waals surface area contributed by atoms with Crippen LogP contribution in [0.5, 0.6) is 0 Å². The van der Waals surface area contributed by atoms with Crippen molar-refractivity contribution in [2.24, 2.45) is 0 Å². The Morgan fingerprint density at radius 2 is 2.13 bits per heavy atom. The largest absolute Gasteiger partial charge is 0.481 e. The summed E-state index contributed by atoms with van der Waals surface area (Å²) >= 11 is 5.95. The minimum absolute atomic E-state index is 0.416. The number of allylic oxidation sites excluding steroid dienone is 1. The summed E-state index contributed by atoms with van der Waals surface area (Å²) in [5, 5.41) is 9.59. The summed E-state index contributed by atoms with van der Waals surface area (Å²) in [5.41, 5.74) is 1.48. The van der Waals surface area contributed by atoms with Crippen LogP contribution in [0.25, 0.3) is 0 Å². The molecule has 3 heteroatoms. The lowest BCUT2D eigenvalue weighted by Crippen LogP contribution is -2.12. The fourth-order valence-corrected chi connectivity index (χ4v) is 1.70. The third-order valence-corrected chi connectivity index (χ3v) is 2.48. The van der Waals surface area contributed by atoms with Gasteiger partial charge in [0.1, 0.15) is 0 Å². The van der Waals surface area contributed by atoms with Crippen molar-refractivity contribution in [3.8, 4) is 0 Å². The first-order valence-corrected chi connectivity index (χ1v) is 5.01. The van der Waals surface area contributed by atoms with Gasteiger partial charge in [0, 0.05) is 5.02 Å². The second kappa shape index (κ2) is 4.99. The Morgan fingerprint density at radius 1 is 1.53 bits per heavy atom. The van der Waals surface area contributed by atoms with Gasteiger partial charge in [-0.05, 0) is 25.0 Å². The predicted octanol–water partition coefficient (Wildman–Crippen LogP) is 3.47. The second-order valence-electron chi connectivity index (χ2n) is 3.57. The van der Waals surface area contributed by atoms with Crippen molar-refractivity contribution < 1.29 is 9.90 Å². The Balaban J connectivity index is 3.04. The molecule has 0 aromatic heterocycles. The van der Waals surface area contributed by atoms with Crippen molar-refractivity contribution in [3.05, 3.63) is 47.0 Å². The smallest absolute Gasteiger partial charge is 0.311 e. The summed E-state index contributed by atoms with van der Waals surface area (Å²) in [5.74, 6) is -1.47. The lowest BCUT2D eigenvalue weighted by molar-refractivity contribution is -0.138. The molecule has 2 nitrogen and oxygen atoms in total. The number of aliphatic carboxylic acids is 1. The van der Waals surface area contributed by atoms with E-state index in [0.717, 1.165) is 5.57 Å². The van der Waals surface area contributed by atoms with Crippen LogP contribution in [0.15, 0.2) is 36.4 Å². The Kier molecular flexibility index (Phi) is 3.92. The van der Waals surface area contributed by atoms with Gasteiger partial charge in [-0.15, -0.1) is 6.58 Å². The van der Waals surface area contributed by atoms with Crippen molar-refractivity contribution in [2.75, 3.05) is 0 Å². The van der Waals surface area contributed by atoms with Gasteiger partial charge in [0.15, 0.2) is 0 Å². The van der Waals surface area contributed by atoms with Crippen molar-refractivity contribution in [1.82, 2.24) is 0 Å². The van der Waals surface area contributed by atoms with E-state index < -0.39 is 11.9 Å². The highest BCUT2D eigenvalue weighted by atomic mass is 35.5. The molecule has 0 spiro atoms. The Labute approximate surface area is 94.2 Å². The number of carbonyl (C=O) groups is 1. The molecule has 15 heavy (non-hydrogen) atoms.